The molecule has 0 atom stereocenters. The fraction of sp³-hybridized carbons (Fsp3) is 0.143. The lowest BCUT2D eigenvalue weighted by Gasteiger charge is -2.06. The third-order valence-electron chi connectivity index (χ3n) is 1.39. The highest BCUT2D eigenvalue weighted by atomic mass is 127. The molecule has 3 nitrogen and oxygen atoms in total. The lowest BCUT2D eigenvalue weighted by Crippen LogP contribution is -2.06. The summed E-state index contributed by atoms with van der Waals surface area (Å²) in [6, 6.07) is 1.19. The van der Waals surface area contributed by atoms with Gasteiger partial charge in [0.05, 0.1) is 9.13 Å². The lowest BCUT2D eigenvalue weighted by molar-refractivity contribution is 0.0694. The molecule has 0 aliphatic rings. The Kier molecular flexibility index (Phi) is 3.76. The number of halogens is 4. The topological polar surface area (TPSA) is 50.2 Å². The molecule has 1 rings (SSSR count). The molecule has 0 bridgehead atoms. The van der Waals surface area contributed by atoms with Crippen LogP contribution in [0.15, 0.2) is 10.7 Å². The molecule has 0 aromatic carbocycles. The van der Waals surface area contributed by atoms with Crippen LogP contribution in [0.2, 0.25) is 0 Å². The van der Waals surface area contributed by atoms with Crippen LogP contribution in [0.3, 0.4) is 0 Å². The van der Waals surface area contributed by atoms with E-state index in [1.54, 1.807) is 22.6 Å². The fourth-order valence-electron chi connectivity index (χ4n) is 0.817. The monoisotopic (exact) mass is 377 g/mol. The van der Waals surface area contributed by atoms with Gasteiger partial charge in [0.15, 0.2) is 0 Å². The van der Waals surface area contributed by atoms with Gasteiger partial charge in [0.25, 0.3) is 6.43 Å². The Morgan fingerprint density at radius 1 is 1.64 bits per heavy atom. The number of nitrogens with zero attached hydrogens (tertiary/aromatic N) is 1. The van der Waals surface area contributed by atoms with Gasteiger partial charge in [0, 0.05) is 0 Å². The van der Waals surface area contributed by atoms with Crippen molar-refractivity contribution in [2.24, 2.45) is 0 Å². The van der Waals surface area contributed by atoms with Gasteiger partial charge in [-0.1, -0.05) is 0 Å². The number of carboxylic acid groups (broad SMARTS) is 1. The molecule has 1 heterocycles. The molecule has 1 aromatic heterocycles. The van der Waals surface area contributed by atoms with Crippen LogP contribution >= 0.6 is 38.5 Å². The molecule has 0 amide bonds. The van der Waals surface area contributed by atoms with Crippen molar-refractivity contribution < 1.29 is 18.7 Å². The third-order valence-corrected chi connectivity index (χ3v) is 2.93. The van der Waals surface area contributed by atoms with Crippen molar-refractivity contribution in [3.63, 3.8) is 0 Å². The number of pyridine rings is 1. The van der Waals surface area contributed by atoms with Gasteiger partial charge in [-0.15, -0.1) is 0 Å². The van der Waals surface area contributed by atoms with Crippen LogP contribution in [0.4, 0.5) is 8.78 Å². The molecule has 0 aliphatic carbocycles. The Morgan fingerprint density at radius 2 is 2.21 bits per heavy atom. The second kappa shape index (κ2) is 4.47. The summed E-state index contributed by atoms with van der Waals surface area (Å²) in [5, 5.41) is 8.70. The van der Waals surface area contributed by atoms with Crippen LogP contribution in [0.5, 0.6) is 0 Å². The van der Waals surface area contributed by atoms with Crippen molar-refractivity contribution in [1.82, 2.24) is 4.98 Å². The van der Waals surface area contributed by atoms with Crippen LogP contribution in [-0.4, -0.2) is 16.1 Å². The lowest BCUT2D eigenvalue weighted by atomic mass is 10.2. The Morgan fingerprint density at radius 3 is 2.64 bits per heavy atom. The first-order valence-corrected chi connectivity index (χ1v) is 5.18. The molecular weight excluding hydrogens is 375 g/mol. The van der Waals surface area contributed by atoms with E-state index in [1.807, 2.05) is 0 Å². The van der Waals surface area contributed by atoms with Crippen LogP contribution in [-0.2, 0) is 0 Å². The third kappa shape index (κ3) is 2.38. The van der Waals surface area contributed by atoms with Crippen LogP contribution in [0.1, 0.15) is 22.5 Å². The molecule has 0 radical (unpaired) electrons. The Labute approximate surface area is 99.8 Å². The van der Waals surface area contributed by atoms with Crippen molar-refractivity contribution in [2.75, 3.05) is 0 Å². The molecule has 14 heavy (non-hydrogen) atoms. The predicted octanol–water partition coefficient (Wildman–Crippen LogP) is 3.08. The summed E-state index contributed by atoms with van der Waals surface area (Å²) in [6.07, 6.45) is -2.78. The summed E-state index contributed by atoms with van der Waals surface area (Å²) < 4.78 is 24.8. The Bertz CT molecular complexity index is 386. The summed E-state index contributed by atoms with van der Waals surface area (Å²) in [7, 11) is 0. The number of rotatable bonds is 2. The van der Waals surface area contributed by atoms with E-state index >= 15 is 0 Å². The molecule has 0 saturated heterocycles. The first-order chi connectivity index (χ1) is 6.43. The van der Waals surface area contributed by atoms with E-state index in [0.29, 0.717) is 0 Å². The fourth-order valence-corrected chi connectivity index (χ4v) is 1.98. The molecule has 0 saturated carbocycles. The number of hydrogen-bond acceptors (Lipinski definition) is 2. The highest BCUT2D eigenvalue weighted by molar-refractivity contribution is 14.1. The van der Waals surface area contributed by atoms with E-state index in [9.17, 15) is 13.6 Å². The van der Waals surface area contributed by atoms with E-state index in [-0.39, 0.29) is 13.7 Å². The first-order valence-electron chi connectivity index (χ1n) is 3.31. The minimum Gasteiger partial charge on any atom is -0.478 e. The van der Waals surface area contributed by atoms with Crippen LogP contribution in [0, 0.1) is 3.57 Å². The average Bonchev–Trinajstić information content (AvgIpc) is 2.07. The molecule has 0 unspecified atom stereocenters. The maximum Gasteiger partial charge on any atom is 0.336 e. The van der Waals surface area contributed by atoms with E-state index in [2.05, 4.69) is 20.9 Å². The smallest absolute Gasteiger partial charge is 0.336 e. The van der Waals surface area contributed by atoms with Crippen molar-refractivity contribution >= 4 is 44.5 Å². The van der Waals surface area contributed by atoms with E-state index in [0.717, 1.165) is 0 Å². The summed E-state index contributed by atoms with van der Waals surface area (Å²) in [5.74, 6) is -1.25. The average molecular weight is 378 g/mol. The van der Waals surface area contributed by atoms with Crippen LogP contribution in [0.25, 0.3) is 0 Å². The van der Waals surface area contributed by atoms with Gasteiger partial charge in [-0.05, 0) is 44.6 Å². The maximum absolute atomic E-state index is 12.4. The Hall–Kier alpha value is -0.310. The van der Waals surface area contributed by atoms with Crippen molar-refractivity contribution in [1.29, 1.82) is 0 Å². The summed E-state index contributed by atoms with van der Waals surface area (Å²) >= 11 is 4.42. The van der Waals surface area contributed by atoms with Gasteiger partial charge in [-0.25, -0.2) is 18.6 Å². The van der Waals surface area contributed by atoms with Gasteiger partial charge in [-0.3, -0.25) is 0 Å². The van der Waals surface area contributed by atoms with E-state index in [1.165, 1.54) is 6.07 Å². The van der Waals surface area contributed by atoms with Crippen LogP contribution < -0.4 is 0 Å². The zero-order valence-electron chi connectivity index (χ0n) is 6.47. The molecule has 0 fully saturated rings. The maximum atomic E-state index is 12.4. The van der Waals surface area contributed by atoms with Crippen molar-refractivity contribution in [2.45, 2.75) is 6.43 Å². The molecule has 1 N–H and O–H groups in total. The van der Waals surface area contributed by atoms with Gasteiger partial charge in [-0.2, -0.15) is 0 Å². The molecule has 0 aliphatic heterocycles. The normalized spacial score (nSPS) is 10.6. The Balaban J connectivity index is 3.40. The standard InChI is InChI=1S/C7H3BrF2INO2/c8-3-1-2(7(13)14)4(11)5(12-3)6(9)10/h1,6H,(H,13,14). The first kappa shape index (κ1) is 11.8. The molecule has 0 spiro atoms. The molecule has 7 heteroatoms. The van der Waals surface area contributed by atoms with E-state index in [4.69, 9.17) is 5.11 Å². The highest BCUT2D eigenvalue weighted by Crippen LogP contribution is 2.27. The predicted molar refractivity (Wildman–Crippen MR) is 56.6 cm³/mol. The molecular formula is C7H3BrF2INO2. The van der Waals surface area contributed by atoms with E-state index < -0.39 is 18.1 Å². The summed E-state index contributed by atoms with van der Waals surface area (Å²) in [4.78, 5) is 14.2. The van der Waals surface area contributed by atoms with Gasteiger partial charge in [0.1, 0.15) is 10.3 Å². The second-order valence-electron chi connectivity index (χ2n) is 2.30. The summed E-state index contributed by atoms with van der Waals surface area (Å²) in [6.45, 7) is 0. The summed E-state index contributed by atoms with van der Waals surface area (Å²) in [5.41, 5.74) is -0.694. The zero-order valence-corrected chi connectivity index (χ0v) is 10.2. The van der Waals surface area contributed by atoms with Gasteiger partial charge >= 0.3 is 5.97 Å². The number of carbonyl (C=O) groups is 1. The second-order valence-corrected chi connectivity index (χ2v) is 4.19. The number of aromatic nitrogens is 1. The quantitative estimate of drug-likeness (QED) is 0.636. The number of aromatic carboxylic acids is 1. The minimum absolute atomic E-state index is 0.0340. The minimum atomic E-state index is -2.78. The molecule has 1 aromatic rings. The number of alkyl halides is 2. The zero-order chi connectivity index (χ0) is 10.9. The molecule has 76 valence electrons. The number of carboxylic acids is 1. The van der Waals surface area contributed by atoms with Gasteiger partial charge in [0.2, 0.25) is 0 Å². The van der Waals surface area contributed by atoms with Crippen molar-refractivity contribution in [3.05, 3.63) is 25.5 Å². The highest BCUT2D eigenvalue weighted by Gasteiger charge is 2.20. The van der Waals surface area contributed by atoms with Gasteiger partial charge < -0.3 is 5.11 Å². The SMILES string of the molecule is O=C(O)c1cc(Br)nc(C(F)F)c1I. The largest absolute Gasteiger partial charge is 0.478 e. The van der Waals surface area contributed by atoms with Crippen molar-refractivity contribution in [3.8, 4) is 0 Å². The number of hydrogen-bond donors (Lipinski definition) is 1.